The zero-order valence-corrected chi connectivity index (χ0v) is 16.8. The molecule has 2 aliphatic heterocycles. The average molecular weight is 411 g/mol. The highest BCUT2D eigenvalue weighted by Crippen LogP contribution is 2.36. The summed E-state index contributed by atoms with van der Waals surface area (Å²) in [5.41, 5.74) is 1.85. The maximum Gasteiger partial charge on any atom is 0.286 e. The predicted molar refractivity (Wildman–Crippen MR) is 111 cm³/mol. The van der Waals surface area contributed by atoms with Crippen LogP contribution in [0.25, 0.3) is 0 Å². The summed E-state index contributed by atoms with van der Waals surface area (Å²) in [6.07, 6.45) is 3.71. The third kappa shape index (κ3) is 4.54. The third-order valence-electron chi connectivity index (χ3n) is 5.50. The third-order valence-corrected chi connectivity index (χ3v) is 5.50. The van der Waals surface area contributed by atoms with E-state index in [9.17, 15) is 14.9 Å². The van der Waals surface area contributed by atoms with Gasteiger partial charge in [0.15, 0.2) is 11.5 Å². The minimum absolute atomic E-state index is 0.0299. The molecule has 1 saturated heterocycles. The Morgan fingerprint density at radius 1 is 1.03 bits per heavy atom. The van der Waals surface area contributed by atoms with Crippen molar-refractivity contribution in [2.24, 2.45) is 0 Å². The molecule has 2 aliphatic rings. The van der Waals surface area contributed by atoms with E-state index in [0.717, 1.165) is 30.8 Å². The van der Waals surface area contributed by atoms with Crippen molar-refractivity contribution in [1.29, 1.82) is 0 Å². The number of hydrogen-bond acceptors (Lipinski definition) is 6. The second-order valence-corrected chi connectivity index (χ2v) is 7.56. The Morgan fingerprint density at radius 2 is 1.70 bits per heavy atom. The number of nitro groups is 1. The highest BCUT2D eigenvalue weighted by atomic mass is 16.6. The fourth-order valence-electron chi connectivity index (χ4n) is 3.92. The SMILES string of the molecule is O=C(NCc1ccccc1CN1CCCCC1)c1cc2c(cc1[N+](=O)[O-])OCCO2. The van der Waals surface area contributed by atoms with E-state index in [1.807, 2.05) is 18.2 Å². The zero-order chi connectivity index (χ0) is 20.9. The Labute approximate surface area is 174 Å². The van der Waals surface area contributed by atoms with E-state index in [-0.39, 0.29) is 17.0 Å². The van der Waals surface area contributed by atoms with Crippen LogP contribution in [-0.2, 0) is 13.1 Å². The van der Waals surface area contributed by atoms with Crippen LogP contribution in [0.3, 0.4) is 0 Å². The number of benzene rings is 2. The normalized spacial score (nSPS) is 16.1. The van der Waals surface area contributed by atoms with Gasteiger partial charge in [0.05, 0.1) is 11.0 Å². The maximum absolute atomic E-state index is 12.8. The monoisotopic (exact) mass is 411 g/mol. The van der Waals surface area contributed by atoms with E-state index in [2.05, 4.69) is 16.3 Å². The molecule has 8 heteroatoms. The van der Waals surface area contributed by atoms with E-state index in [0.29, 0.717) is 25.5 Å². The van der Waals surface area contributed by atoms with Crippen LogP contribution < -0.4 is 14.8 Å². The van der Waals surface area contributed by atoms with Crippen molar-refractivity contribution in [1.82, 2.24) is 10.2 Å². The summed E-state index contributed by atoms with van der Waals surface area (Å²) in [7, 11) is 0. The van der Waals surface area contributed by atoms with Gasteiger partial charge in [0.25, 0.3) is 11.6 Å². The van der Waals surface area contributed by atoms with E-state index in [1.54, 1.807) is 0 Å². The quantitative estimate of drug-likeness (QED) is 0.579. The zero-order valence-electron chi connectivity index (χ0n) is 16.8. The van der Waals surface area contributed by atoms with E-state index in [1.165, 1.54) is 31.4 Å². The second kappa shape index (κ2) is 9.13. The van der Waals surface area contributed by atoms with Crippen molar-refractivity contribution in [2.75, 3.05) is 26.3 Å². The van der Waals surface area contributed by atoms with E-state index < -0.39 is 10.8 Å². The molecule has 2 aromatic carbocycles. The smallest absolute Gasteiger partial charge is 0.286 e. The minimum Gasteiger partial charge on any atom is -0.486 e. The number of nitrogens with one attached hydrogen (secondary N) is 1. The first kappa shape index (κ1) is 20.2. The summed E-state index contributed by atoms with van der Waals surface area (Å²) in [6.45, 7) is 3.98. The van der Waals surface area contributed by atoms with Crippen LogP contribution >= 0.6 is 0 Å². The molecule has 0 aromatic heterocycles. The van der Waals surface area contributed by atoms with E-state index in [4.69, 9.17) is 9.47 Å². The number of amides is 1. The Bertz CT molecular complexity index is 940. The fourth-order valence-corrected chi connectivity index (χ4v) is 3.92. The number of fused-ring (bicyclic) bond motifs is 1. The Kier molecular flexibility index (Phi) is 6.13. The lowest BCUT2D eigenvalue weighted by Crippen LogP contribution is -2.30. The summed E-state index contributed by atoms with van der Waals surface area (Å²) in [5.74, 6) is 0.130. The van der Waals surface area contributed by atoms with Crippen molar-refractivity contribution in [3.63, 3.8) is 0 Å². The maximum atomic E-state index is 12.8. The Balaban J connectivity index is 1.49. The van der Waals surface area contributed by atoms with Gasteiger partial charge in [0.2, 0.25) is 0 Å². The molecular weight excluding hydrogens is 386 g/mol. The van der Waals surface area contributed by atoms with Crippen LogP contribution in [0.15, 0.2) is 36.4 Å². The number of ether oxygens (including phenoxy) is 2. The molecule has 8 nitrogen and oxygen atoms in total. The van der Waals surface area contributed by atoms with Crippen molar-refractivity contribution < 1.29 is 19.2 Å². The van der Waals surface area contributed by atoms with Crippen LogP contribution in [-0.4, -0.2) is 42.0 Å². The highest BCUT2D eigenvalue weighted by Gasteiger charge is 2.26. The molecule has 0 atom stereocenters. The van der Waals surface area contributed by atoms with Crippen LogP contribution in [0.5, 0.6) is 11.5 Å². The van der Waals surface area contributed by atoms with Crippen LogP contribution in [0, 0.1) is 10.1 Å². The fraction of sp³-hybridized carbons (Fsp3) is 0.409. The van der Waals surface area contributed by atoms with Gasteiger partial charge in [-0.1, -0.05) is 30.7 Å². The molecule has 0 saturated carbocycles. The molecule has 158 valence electrons. The van der Waals surface area contributed by atoms with Crippen molar-refractivity contribution in [3.8, 4) is 11.5 Å². The number of nitro benzene ring substituents is 1. The summed E-state index contributed by atoms with van der Waals surface area (Å²) >= 11 is 0. The molecule has 4 rings (SSSR count). The summed E-state index contributed by atoms with van der Waals surface area (Å²) in [5, 5.41) is 14.3. The van der Waals surface area contributed by atoms with Gasteiger partial charge in [-0.2, -0.15) is 0 Å². The number of likely N-dealkylation sites (tertiary alicyclic amines) is 1. The highest BCUT2D eigenvalue weighted by molar-refractivity contribution is 5.99. The van der Waals surface area contributed by atoms with Crippen LogP contribution in [0.2, 0.25) is 0 Å². The minimum atomic E-state index is -0.572. The molecular formula is C22H25N3O5. The lowest BCUT2D eigenvalue weighted by atomic mass is 10.0. The average Bonchev–Trinajstić information content (AvgIpc) is 2.78. The van der Waals surface area contributed by atoms with E-state index >= 15 is 0 Å². The lowest BCUT2D eigenvalue weighted by molar-refractivity contribution is -0.385. The number of piperidine rings is 1. The number of carbonyl (C=O) groups is 1. The first-order valence-electron chi connectivity index (χ1n) is 10.3. The molecule has 2 aromatic rings. The van der Waals surface area contributed by atoms with Gasteiger partial charge in [0.1, 0.15) is 18.8 Å². The molecule has 0 spiro atoms. The molecule has 0 bridgehead atoms. The molecule has 0 unspecified atom stereocenters. The Hall–Kier alpha value is -3.13. The molecule has 0 aliphatic carbocycles. The number of rotatable bonds is 6. The lowest BCUT2D eigenvalue weighted by Gasteiger charge is -2.27. The van der Waals surface area contributed by atoms with Gasteiger partial charge in [-0.3, -0.25) is 19.8 Å². The molecule has 2 heterocycles. The van der Waals surface area contributed by atoms with Gasteiger partial charge in [-0.05, 0) is 37.1 Å². The summed E-state index contributed by atoms with van der Waals surface area (Å²) in [6, 6.07) is 10.6. The Morgan fingerprint density at radius 3 is 2.40 bits per heavy atom. The molecule has 1 fully saturated rings. The molecule has 1 N–H and O–H groups in total. The van der Waals surface area contributed by atoms with Crippen LogP contribution in [0.1, 0.15) is 40.7 Å². The number of carbonyl (C=O) groups excluding carboxylic acids is 1. The van der Waals surface area contributed by atoms with Crippen molar-refractivity contribution in [2.45, 2.75) is 32.4 Å². The first-order valence-corrected chi connectivity index (χ1v) is 10.3. The molecule has 0 radical (unpaired) electrons. The second-order valence-electron chi connectivity index (χ2n) is 7.56. The first-order chi connectivity index (χ1) is 14.6. The molecule has 1 amide bonds. The predicted octanol–water partition coefficient (Wildman–Crippen LogP) is 3.28. The standard InChI is InChI=1S/C22H25N3O5/c26-22(18-12-20-21(30-11-10-29-20)13-19(18)25(27)28)23-14-16-6-2-3-7-17(16)15-24-8-4-1-5-9-24/h2-3,6-7,12-13H,1,4-5,8-11,14-15H2,(H,23,26). The van der Waals surface area contributed by atoms with Crippen molar-refractivity contribution >= 4 is 11.6 Å². The topological polar surface area (TPSA) is 93.9 Å². The van der Waals surface area contributed by atoms with Gasteiger partial charge < -0.3 is 14.8 Å². The molecule has 30 heavy (non-hydrogen) atoms. The van der Waals surface area contributed by atoms with Gasteiger partial charge in [0, 0.05) is 19.2 Å². The number of hydrogen-bond donors (Lipinski definition) is 1. The number of nitrogens with zero attached hydrogens (tertiary/aromatic N) is 2. The van der Waals surface area contributed by atoms with Crippen molar-refractivity contribution in [3.05, 3.63) is 63.2 Å². The largest absolute Gasteiger partial charge is 0.486 e. The summed E-state index contributed by atoms with van der Waals surface area (Å²) < 4.78 is 10.9. The van der Waals surface area contributed by atoms with Gasteiger partial charge in [-0.15, -0.1) is 0 Å². The van der Waals surface area contributed by atoms with Crippen LogP contribution in [0.4, 0.5) is 5.69 Å². The van der Waals surface area contributed by atoms with Gasteiger partial charge in [-0.25, -0.2) is 0 Å². The van der Waals surface area contributed by atoms with Gasteiger partial charge >= 0.3 is 0 Å². The summed E-state index contributed by atoms with van der Waals surface area (Å²) in [4.78, 5) is 26.1.